The molecule has 3 rings (SSSR count). The number of rotatable bonds is 4. The van der Waals surface area contributed by atoms with Gasteiger partial charge < -0.3 is 9.15 Å². The lowest BCUT2D eigenvalue weighted by molar-refractivity contribution is 0.309. The summed E-state index contributed by atoms with van der Waals surface area (Å²) in [5.74, 6) is 0.698. The van der Waals surface area contributed by atoms with Crippen LogP contribution in [0, 0.1) is 6.92 Å². The quantitative estimate of drug-likeness (QED) is 0.660. The highest BCUT2D eigenvalue weighted by Gasteiger charge is 2.17. The van der Waals surface area contributed by atoms with E-state index >= 15 is 0 Å². The van der Waals surface area contributed by atoms with Crippen molar-refractivity contribution in [3.8, 4) is 17.1 Å². The first kappa shape index (κ1) is 15.6. The molecule has 0 radical (unpaired) electrons. The SMILES string of the molecule is CCCOc1c(-c2ccc(Cl)cc2)oc2ccc(C)cc2c1=O. The van der Waals surface area contributed by atoms with Crippen LogP contribution in [-0.2, 0) is 0 Å². The van der Waals surface area contributed by atoms with Crippen molar-refractivity contribution in [3.63, 3.8) is 0 Å². The van der Waals surface area contributed by atoms with Gasteiger partial charge in [0.05, 0.1) is 12.0 Å². The van der Waals surface area contributed by atoms with Crippen molar-refractivity contribution in [2.24, 2.45) is 0 Å². The molecule has 3 nitrogen and oxygen atoms in total. The van der Waals surface area contributed by atoms with E-state index in [1.54, 1.807) is 12.1 Å². The van der Waals surface area contributed by atoms with Crippen LogP contribution in [0.3, 0.4) is 0 Å². The molecule has 0 fully saturated rings. The fraction of sp³-hybridized carbons (Fsp3) is 0.211. The molecule has 1 heterocycles. The Kier molecular flexibility index (Phi) is 4.39. The van der Waals surface area contributed by atoms with Gasteiger partial charge in [-0.2, -0.15) is 0 Å². The van der Waals surface area contributed by atoms with Crippen LogP contribution in [0.5, 0.6) is 5.75 Å². The molecule has 118 valence electrons. The van der Waals surface area contributed by atoms with E-state index in [-0.39, 0.29) is 11.2 Å². The van der Waals surface area contributed by atoms with Gasteiger partial charge in [0, 0.05) is 10.6 Å². The molecule has 0 bridgehead atoms. The third-order valence-electron chi connectivity index (χ3n) is 3.56. The normalized spacial score (nSPS) is 10.9. The molecule has 3 aromatic rings. The largest absolute Gasteiger partial charge is 0.486 e. The van der Waals surface area contributed by atoms with Crippen molar-refractivity contribution in [3.05, 3.63) is 63.3 Å². The predicted octanol–water partition coefficient (Wildman–Crippen LogP) is 5.21. The molecule has 0 unspecified atom stereocenters. The molecule has 0 saturated heterocycles. The highest BCUT2D eigenvalue weighted by Crippen LogP contribution is 2.31. The highest BCUT2D eigenvalue weighted by molar-refractivity contribution is 6.30. The Hall–Kier alpha value is -2.26. The maximum absolute atomic E-state index is 12.8. The Balaban J connectivity index is 2.27. The highest BCUT2D eigenvalue weighted by atomic mass is 35.5. The summed E-state index contributed by atoms with van der Waals surface area (Å²) in [6.45, 7) is 4.40. The second-order valence-electron chi connectivity index (χ2n) is 5.44. The van der Waals surface area contributed by atoms with Crippen LogP contribution in [0.2, 0.25) is 5.02 Å². The van der Waals surface area contributed by atoms with Gasteiger partial charge in [-0.05, 0) is 49.7 Å². The molecule has 0 saturated carbocycles. The van der Waals surface area contributed by atoms with Gasteiger partial charge in [0.15, 0.2) is 5.76 Å². The van der Waals surface area contributed by atoms with Gasteiger partial charge in [0.1, 0.15) is 5.58 Å². The van der Waals surface area contributed by atoms with Crippen LogP contribution in [0.1, 0.15) is 18.9 Å². The number of ether oxygens (including phenoxy) is 1. The maximum Gasteiger partial charge on any atom is 0.235 e. The lowest BCUT2D eigenvalue weighted by Crippen LogP contribution is -2.11. The minimum absolute atomic E-state index is 0.145. The second-order valence-corrected chi connectivity index (χ2v) is 5.88. The molecular formula is C19H17ClO3. The van der Waals surface area contributed by atoms with Crippen LogP contribution < -0.4 is 10.2 Å². The van der Waals surface area contributed by atoms with Gasteiger partial charge in [0.25, 0.3) is 0 Å². The summed E-state index contributed by atoms with van der Waals surface area (Å²) in [6, 6.07) is 12.7. The van der Waals surface area contributed by atoms with Gasteiger partial charge in [-0.3, -0.25) is 4.79 Å². The fourth-order valence-electron chi connectivity index (χ4n) is 2.42. The number of aryl methyl sites for hydroxylation is 1. The summed E-state index contributed by atoms with van der Waals surface area (Å²) in [4.78, 5) is 12.8. The van der Waals surface area contributed by atoms with E-state index in [4.69, 9.17) is 20.8 Å². The molecule has 4 heteroatoms. The van der Waals surface area contributed by atoms with Crippen LogP contribution in [0.15, 0.2) is 51.7 Å². The molecule has 0 aliphatic rings. The van der Waals surface area contributed by atoms with E-state index in [1.165, 1.54) is 0 Å². The number of fused-ring (bicyclic) bond motifs is 1. The fourth-order valence-corrected chi connectivity index (χ4v) is 2.54. The molecular weight excluding hydrogens is 312 g/mol. The molecule has 23 heavy (non-hydrogen) atoms. The standard InChI is InChI=1S/C19H17ClO3/c1-3-10-22-19-17(21)15-11-12(2)4-9-16(15)23-18(19)13-5-7-14(20)8-6-13/h4-9,11H,3,10H2,1-2H3. The van der Waals surface area contributed by atoms with E-state index in [1.807, 2.05) is 44.2 Å². The van der Waals surface area contributed by atoms with Crippen molar-refractivity contribution >= 4 is 22.6 Å². The smallest absolute Gasteiger partial charge is 0.235 e. The van der Waals surface area contributed by atoms with Crippen molar-refractivity contribution in [1.29, 1.82) is 0 Å². The lowest BCUT2D eigenvalue weighted by atomic mass is 10.1. The first-order valence-electron chi connectivity index (χ1n) is 7.56. The van der Waals surface area contributed by atoms with E-state index in [9.17, 15) is 4.79 Å². The van der Waals surface area contributed by atoms with Crippen LogP contribution in [0.25, 0.3) is 22.3 Å². The number of benzene rings is 2. The Morgan fingerprint density at radius 1 is 1.13 bits per heavy atom. The zero-order valence-corrected chi connectivity index (χ0v) is 13.8. The zero-order valence-electron chi connectivity index (χ0n) is 13.1. The van der Waals surface area contributed by atoms with E-state index in [0.29, 0.717) is 28.4 Å². The van der Waals surface area contributed by atoms with E-state index in [0.717, 1.165) is 17.5 Å². The average molecular weight is 329 g/mol. The Bertz CT molecular complexity index is 895. The molecule has 0 aliphatic heterocycles. The second kappa shape index (κ2) is 6.47. The van der Waals surface area contributed by atoms with Gasteiger partial charge in [-0.25, -0.2) is 0 Å². The van der Waals surface area contributed by atoms with Crippen LogP contribution in [-0.4, -0.2) is 6.61 Å². The van der Waals surface area contributed by atoms with Crippen molar-refractivity contribution < 1.29 is 9.15 Å². The van der Waals surface area contributed by atoms with Crippen molar-refractivity contribution in [2.45, 2.75) is 20.3 Å². The molecule has 0 spiro atoms. The van der Waals surface area contributed by atoms with Gasteiger partial charge >= 0.3 is 0 Å². The van der Waals surface area contributed by atoms with Crippen LogP contribution in [0.4, 0.5) is 0 Å². The summed E-state index contributed by atoms with van der Waals surface area (Å²) in [5.41, 5.74) is 2.17. The third-order valence-corrected chi connectivity index (χ3v) is 3.81. The van der Waals surface area contributed by atoms with Gasteiger partial charge in [0.2, 0.25) is 11.2 Å². The maximum atomic E-state index is 12.8. The van der Waals surface area contributed by atoms with Crippen molar-refractivity contribution in [2.75, 3.05) is 6.61 Å². The Morgan fingerprint density at radius 3 is 2.57 bits per heavy atom. The summed E-state index contributed by atoms with van der Waals surface area (Å²) in [6.07, 6.45) is 0.811. The first-order chi connectivity index (χ1) is 11.1. The number of halogens is 1. The molecule has 0 N–H and O–H groups in total. The van der Waals surface area contributed by atoms with E-state index < -0.39 is 0 Å². The van der Waals surface area contributed by atoms with Gasteiger partial charge in [-0.1, -0.05) is 30.2 Å². The summed E-state index contributed by atoms with van der Waals surface area (Å²) in [5, 5.41) is 1.16. The monoisotopic (exact) mass is 328 g/mol. The summed E-state index contributed by atoms with van der Waals surface area (Å²) in [7, 11) is 0. The first-order valence-corrected chi connectivity index (χ1v) is 7.94. The molecule has 0 aliphatic carbocycles. The van der Waals surface area contributed by atoms with Gasteiger partial charge in [-0.15, -0.1) is 0 Å². The Labute approximate surface area is 139 Å². The topological polar surface area (TPSA) is 39.4 Å². The third kappa shape index (κ3) is 3.10. The number of hydrogen-bond donors (Lipinski definition) is 0. The Morgan fingerprint density at radius 2 is 1.87 bits per heavy atom. The molecule has 2 aromatic carbocycles. The predicted molar refractivity (Wildman–Crippen MR) is 93.5 cm³/mol. The van der Waals surface area contributed by atoms with Crippen LogP contribution >= 0.6 is 11.6 Å². The average Bonchev–Trinajstić information content (AvgIpc) is 2.55. The lowest BCUT2D eigenvalue weighted by Gasteiger charge is -2.11. The van der Waals surface area contributed by atoms with E-state index in [2.05, 4.69) is 0 Å². The molecule has 0 amide bonds. The zero-order chi connectivity index (χ0) is 16.4. The minimum atomic E-state index is -0.145. The summed E-state index contributed by atoms with van der Waals surface area (Å²) >= 11 is 5.94. The van der Waals surface area contributed by atoms with Crippen molar-refractivity contribution in [1.82, 2.24) is 0 Å². The summed E-state index contributed by atoms with van der Waals surface area (Å²) < 4.78 is 11.7. The minimum Gasteiger partial charge on any atom is -0.486 e. The molecule has 1 aromatic heterocycles. The number of hydrogen-bond acceptors (Lipinski definition) is 3. The molecule has 0 atom stereocenters.